The van der Waals surface area contributed by atoms with E-state index in [2.05, 4.69) is 10.2 Å². The molecule has 0 amide bonds. The van der Waals surface area contributed by atoms with Gasteiger partial charge in [-0.1, -0.05) is 0 Å². The van der Waals surface area contributed by atoms with E-state index < -0.39 is 10.6 Å². The van der Waals surface area contributed by atoms with Crippen molar-refractivity contribution >= 4 is 5.69 Å². The van der Waals surface area contributed by atoms with Gasteiger partial charge < -0.3 is 15.2 Å². The number of phenols is 1. The zero-order valence-electron chi connectivity index (χ0n) is 14.0. The molecule has 2 N–H and O–H groups in total. The molecule has 0 bridgehead atoms. The molecular weight excluding hydrogens is 324 g/mol. The Bertz CT molecular complexity index is 658. The van der Waals surface area contributed by atoms with E-state index in [1.165, 1.54) is 0 Å². The lowest BCUT2D eigenvalue weighted by Gasteiger charge is -2.41. The molecule has 0 unspecified atom stereocenters. The first-order chi connectivity index (χ1) is 12.1. The van der Waals surface area contributed by atoms with Crippen LogP contribution in [0.4, 0.5) is 5.69 Å². The van der Waals surface area contributed by atoms with Crippen molar-refractivity contribution in [2.45, 2.75) is 18.9 Å². The fourth-order valence-corrected chi connectivity index (χ4v) is 3.81. The Morgan fingerprint density at radius 3 is 2.64 bits per heavy atom. The Morgan fingerprint density at radius 1 is 1.36 bits per heavy atom. The summed E-state index contributed by atoms with van der Waals surface area (Å²) < 4.78 is 5.46. The zero-order chi connectivity index (χ0) is 17.8. The van der Waals surface area contributed by atoms with Crippen LogP contribution in [0.2, 0.25) is 0 Å². The van der Waals surface area contributed by atoms with Crippen molar-refractivity contribution in [3.8, 4) is 11.8 Å². The Labute approximate surface area is 146 Å². The van der Waals surface area contributed by atoms with E-state index >= 15 is 0 Å². The summed E-state index contributed by atoms with van der Waals surface area (Å²) in [5, 5.41) is 34.5. The molecule has 8 heteroatoms. The quantitative estimate of drug-likeness (QED) is 0.628. The van der Waals surface area contributed by atoms with Crippen LogP contribution in [0.3, 0.4) is 0 Å². The second-order valence-electron chi connectivity index (χ2n) is 6.48. The lowest BCUT2D eigenvalue weighted by molar-refractivity contribution is -0.386. The van der Waals surface area contributed by atoms with E-state index in [1.807, 2.05) is 6.07 Å². The van der Waals surface area contributed by atoms with Crippen molar-refractivity contribution < 1.29 is 14.8 Å². The maximum Gasteiger partial charge on any atom is 0.312 e. The monoisotopic (exact) mass is 346 g/mol. The molecular formula is C17H22N4O4. The number of nitrogens with zero attached hydrogens (tertiary/aromatic N) is 3. The number of ether oxygens (including phenoxy) is 1. The van der Waals surface area contributed by atoms with Crippen molar-refractivity contribution in [3.05, 3.63) is 33.4 Å². The first kappa shape index (κ1) is 17.6. The molecule has 0 spiro atoms. The van der Waals surface area contributed by atoms with Crippen molar-refractivity contribution in [1.29, 1.82) is 5.26 Å². The summed E-state index contributed by atoms with van der Waals surface area (Å²) >= 11 is 0. The van der Waals surface area contributed by atoms with Gasteiger partial charge in [0.2, 0.25) is 0 Å². The summed E-state index contributed by atoms with van der Waals surface area (Å²) in [6.07, 6.45) is 1.66. The van der Waals surface area contributed by atoms with E-state index in [0.29, 0.717) is 18.8 Å². The number of hydrogen-bond acceptors (Lipinski definition) is 7. The van der Waals surface area contributed by atoms with Crippen molar-refractivity contribution in [2.75, 3.05) is 39.4 Å². The Kier molecular flexibility index (Phi) is 5.48. The van der Waals surface area contributed by atoms with Gasteiger partial charge in [-0.25, -0.2) is 0 Å². The Morgan fingerprint density at radius 2 is 2.04 bits per heavy atom. The molecule has 1 aromatic rings. The first-order valence-corrected chi connectivity index (χ1v) is 8.55. The average molecular weight is 346 g/mol. The molecule has 2 saturated heterocycles. The summed E-state index contributed by atoms with van der Waals surface area (Å²) in [7, 11) is 0. The molecule has 2 heterocycles. The molecule has 25 heavy (non-hydrogen) atoms. The highest BCUT2D eigenvalue weighted by molar-refractivity contribution is 5.57. The molecule has 1 aromatic carbocycles. The van der Waals surface area contributed by atoms with Gasteiger partial charge in [0.15, 0.2) is 5.75 Å². The van der Waals surface area contributed by atoms with Gasteiger partial charge in [0, 0.05) is 57.1 Å². The molecule has 0 aliphatic carbocycles. The molecule has 0 aromatic heterocycles. The molecule has 134 valence electrons. The summed E-state index contributed by atoms with van der Waals surface area (Å²) in [6.45, 7) is 4.56. The second-order valence-corrected chi connectivity index (χ2v) is 6.48. The molecule has 2 aliphatic heterocycles. The lowest BCUT2D eigenvalue weighted by Crippen LogP contribution is -2.47. The van der Waals surface area contributed by atoms with Crippen molar-refractivity contribution in [3.63, 3.8) is 0 Å². The smallest absolute Gasteiger partial charge is 0.312 e. The number of nitro groups is 1. The topological polar surface area (TPSA) is 112 Å². The number of benzene rings is 1. The number of nitriles is 1. The molecule has 1 atom stereocenters. The summed E-state index contributed by atoms with van der Waals surface area (Å²) in [5.41, 5.74) is 0.285. The molecule has 0 radical (unpaired) electrons. The number of hydrogen-bond donors (Lipinski definition) is 2. The lowest BCUT2D eigenvalue weighted by atomic mass is 9.84. The van der Waals surface area contributed by atoms with Gasteiger partial charge in [0.1, 0.15) is 0 Å². The minimum Gasteiger partial charge on any atom is -0.502 e. The standard InChI is InChI=1S/C17H22N4O4/c18-11-12-9-14(17(22)15(10-12)21(23)24)16(13-1-7-25-8-2-13)20-5-3-19-4-6-20/h9-10,13,16,19,22H,1-8H2/t16-/m1/s1. The largest absolute Gasteiger partial charge is 0.502 e. The molecule has 0 saturated carbocycles. The van der Waals surface area contributed by atoms with Crippen LogP contribution in [-0.4, -0.2) is 54.3 Å². The summed E-state index contributed by atoms with van der Waals surface area (Å²) in [6, 6.07) is 4.56. The maximum absolute atomic E-state index is 11.3. The number of nitrogens with one attached hydrogen (secondary N) is 1. The van der Waals surface area contributed by atoms with Crippen molar-refractivity contribution in [2.24, 2.45) is 5.92 Å². The summed E-state index contributed by atoms with van der Waals surface area (Å²) in [5.74, 6) is -0.0923. The second kappa shape index (κ2) is 7.78. The van der Waals surface area contributed by atoms with Gasteiger partial charge >= 0.3 is 5.69 Å². The minimum atomic E-state index is -0.627. The first-order valence-electron chi connectivity index (χ1n) is 8.55. The molecule has 2 aliphatic rings. The van der Waals surface area contributed by atoms with Crippen LogP contribution in [-0.2, 0) is 4.74 Å². The fraction of sp³-hybridized carbons (Fsp3) is 0.588. The highest BCUT2D eigenvalue weighted by atomic mass is 16.6. The van der Waals surface area contributed by atoms with Crippen molar-refractivity contribution in [1.82, 2.24) is 10.2 Å². The zero-order valence-corrected chi connectivity index (χ0v) is 14.0. The number of phenolic OH excluding ortho intramolecular Hbond substituents is 1. The normalized spacial score (nSPS) is 20.8. The van der Waals surface area contributed by atoms with Gasteiger partial charge in [-0.15, -0.1) is 0 Å². The van der Waals surface area contributed by atoms with Gasteiger partial charge in [-0.3, -0.25) is 15.0 Å². The minimum absolute atomic E-state index is 0.155. The third kappa shape index (κ3) is 3.74. The number of nitro benzene ring substituents is 1. The average Bonchev–Trinajstić information content (AvgIpc) is 2.65. The van der Waals surface area contributed by atoms with Crippen LogP contribution in [0.15, 0.2) is 12.1 Å². The third-order valence-corrected chi connectivity index (χ3v) is 5.02. The van der Waals surface area contributed by atoms with E-state index in [1.54, 1.807) is 6.07 Å². The van der Waals surface area contributed by atoms with Gasteiger partial charge in [-0.2, -0.15) is 5.26 Å². The van der Waals surface area contributed by atoms with E-state index in [0.717, 1.165) is 45.1 Å². The van der Waals surface area contributed by atoms with Crippen LogP contribution in [0.25, 0.3) is 0 Å². The van der Waals surface area contributed by atoms with Crippen LogP contribution >= 0.6 is 0 Å². The van der Waals surface area contributed by atoms with Gasteiger partial charge in [-0.05, 0) is 24.8 Å². The van der Waals surface area contributed by atoms with Crippen LogP contribution in [0, 0.1) is 27.4 Å². The van der Waals surface area contributed by atoms with E-state index in [4.69, 9.17) is 4.74 Å². The van der Waals surface area contributed by atoms with E-state index in [9.17, 15) is 20.5 Å². The fourth-order valence-electron chi connectivity index (χ4n) is 3.81. The van der Waals surface area contributed by atoms with Crippen LogP contribution < -0.4 is 5.32 Å². The maximum atomic E-state index is 11.3. The molecule has 3 rings (SSSR count). The SMILES string of the molecule is N#Cc1cc([C@@H](C2CCOCC2)N2CCNCC2)c(O)c([N+](=O)[O-])c1. The molecule has 8 nitrogen and oxygen atoms in total. The highest BCUT2D eigenvalue weighted by Crippen LogP contribution is 2.43. The molecule has 2 fully saturated rings. The van der Waals surface area contributed by atoms with Crippen LogP contribution in [0.1, 0.15) is 30.0 Å². The predicted molar refractivity (Wildman–Crippen MR) is 90.2 cm³/mol. The third-order valence-electron chi connectivity index (χ3n) is 5.02. The predicted octanol–water partition coefficient (Wildman–Crippen LogP) is 1.54. The van der Waals surface area contributed by atoms with Gasteiger partial charge in [0.05, 0.1) is 16.6 Å². The van der Waals surface area contributed by atoms with E-state index in [-0.39, 0.29) is 23.3 Å². The Balaban J connectivity index is 2.06. The number of aromatic hydroxyl groups is 1. The highest BCUT2D eigenvalue weighted by Gasteiger charge is 2.35. The number of piperazine rings is 1. The van der Waals surface area contributed by atoms with Crippen LogP contribution in [0.5, 0.6) is 5.75 Å². The summed E-state index contributed by atoms with van der Waals surface area (Å²) in [4.78, 5) is 12.9. The number of rotatable bonds is 4. The Hall–Kier alpha value is -2.21. The van der Waals surface area contributed by atoms with Gasteiger partial charge in [0.25, 0.3) is 0 Å².